The van der Waals surface area contributed by atoms with Crippen molar-refractivity contribution in [2.75, 3.05) is 11.4 Å². The largest absolute Gasteiger partial charge is 0.478 e. The van der Waals surface area contributed by atoms with Crippen molar-refractivity contribution in [3.63, 3.8) is 0 Å². The van der Waals surface area contributed by atoms with Crippen molar-refractivity contribution >= 4 is 23.6 Å². The molecule has 2 aromatic rings. The summed E-state index contributed by atoms with van der Waals surface area (Å²) in [6.07, 6.45) is 0. The van der Waals surface area contributed by atoms with Gasteiger partial charge in [-0.1, -0.05) is 38.1 Å². The fourth-order valence-corrected chi connectivity index (χ4v) is 3.71. The van der Waals surface area contributed by atoms with Crippen LogP contribution in [0.15, 0.2) is 36.4 Å². The van der Waals surface area contributed by atoms with E-state index in [1.54, 1.807) is 0 Å². The predicted molar refractivity (Wildman–Crippen MR) is 122 cm³/mol. The number of nitrogens with zero attached hydrogens (tertiary/aromatic N) is 2. The number of imide groups is 1. The van der Waals surface area contributed by atoms with Crippen molar-refractivity contribution in [2.24, 2.45) is 0 Å². The number of carboxylic acid groups (broad SMARTS) is 1. The number of ether oxygens (including phenoxy) is 1. The molecule has 0 bridgehead atoms. The molecule has 1 N–H and O–H groups in total. The highest BCUT2D eigenvalue weighted by molar-refractivity contribution is 6.12. The first-order valence-corrected chi connectivity index (χ1v) is 10.6. The molecule has 1 fully saturated rings. The van der Waals surface area contributed by atoms with E-state index in [4.69, 9.17) is 4.74 Å². The number of hydrogen-bond donors (Lipinski definition) is 1. The molecule has 0 spiro atoms. The zero-order valence-corrected chi connectivity index (χ0v) is 19.4. The maximum absolute atomic E-state index is 13.0. The number of benzene rings is 2. The van der Waals surface area contributed by atoms with Crippen molar-refractivity contribution in [3.8, 4) is 5.75 Å². The summed E-state index contributed by atoms with van der Waals surface area (Å²) in [6.45, 7) is 11.0. The van der Waals surface area contributed by atoms with Crippen LogP contribution >= 0.6 is 0 Å². The average molecular weight is 439 g/mol. The van der Waals surface area contributed by atoms with Crippen molar-refractivity contribution in [3.05, 3.63) is 58.7 Å². The van der Waals surface area contributed by atoms with Gasteiger partial charge in [-0.2, -0.15) is 0 Å². The number of aryl methyl sites for hydroxylation is 2. The van der Waals surface area contributed by atoms with Gasteiger partial charge in [0.25, 0.3) is 5.91 Å². The minimum atomic E-state index is -1.37. The molecule has 2 aromatic carbocycles. The minimum Gasteiger partial charge on any atom is -0.478 e. The molecule has 0 radical (unpaired) electrons. The number of carbonyl (C=O) groups is 3. The summed E-state index contributed by atoms with van der Waals surface area (Å²) in [7, 11) is 0. The molecule has 0 aliphatic carbocycles. The van der Waals surface area contributed by atoms with Gasteiger partial charge in [-0.25, -0.2) is 9.59 Å². The first-order chi connectivity index (χ1) is 14.9. The molecule has 1 heterocycles. The van der Waals surface area contributed by atoms with Crippen molar-refractivity contribution in [1.82, 2.24) is 4.90 Å². The van der Waals surface area contributed by atoms with Crippen LogP contribution in [0, 0.1) is 13.8 Å². The van der Waals surface area contributed by atoms with Crippen LogP contribution in [0.25, 0.3) is 0 Å². The maximum atomic E-state index is 13.0. The van der Waals surface area contributed by atoms with E-state index >= 15 is 0 Å². The van der Waals surface area contributed by atoms with Crippen LogP contribution in [-0.2, 0) is 16.1 Å². The van der Waals surface area contributed by atoms with Gasteiger partial charge in [0.05, 0.1) is 6.54 Å². The summed E-state index contributed by atoms with van der Waals surface area (Å²) in [4.78, 5) is 39.7. The highest BCUT2D eigenvalue weighted by Crippen LogP contribution is 2.30. The highest BCUT2D eigenvalue weighted by Gasteiger charge is 2.37. The summed E-state index contributed by atoms with van der Waals surface area (Å²) in [5.74, 6) is -0.441. The Bertz CT molecular complexity index is 1030. The van der Waals surface area contributed by atoms with E-state index in [-0.39, 0.29) is 25.0 Å². The summed E-state index contributed by atoms with van der Waals surface area (Å²) in [5, 5.41) is 9.34. The zero-order valence-electron chi connectivity index (χ0n) is 19.4. The second-order valence-electron chi connectivity index (χ2n) is 9.07. The van der Waals surface area contributed by atoms with Crippen LogP contribution < -0.4 is 9.64 Å². The normalized spacial score (nSPS) is 14.5. The fourth-order valence-electron chi connectivity index (χ4n) is 3.71. The number of anilines is 1. The lowest BCUT2D eigenvalue weighted by Crippen LogP contribution is -2.38. The summed E-state index contributed by atoms with van der Waals surface area (Å²) < 4.78 is 5.74. The molecule has 7 heteroatoms. The molecule has 1 aliphatic rings. The molecule has 3 rings (SSSR count). The van der Waals surface area contributed by atoms with Gasteiger partial charge >= 0.3 is 12.0 Å². The van der Waals surface area contributed by atoms with Crippen molar-refractivity contribution in [2.45, 2.75) is 59.6 Å². The van der Waals surface area contributed by atoms with Gasteiger partial charge in [0, 0.05) is 5.69 Å². The second-order valence-corrected chi connectivity index (χ2v) is 9.07. The molecule has 170 valence electrons. The Morgan fingerprint density at radius 3 is 2.16 bits per heavy atom. The van der Waals surface area contributed by atoms with Gasteiger partial charge in [0.15, 0.2) is 5.60 Å². The van der Waals surface area contributed by atoms with Crippen LogP contribution in [-0.4, -0.2) is 40.1 Å². The molecule has 32 heavy (non-hydrogen) atoms. The Morgan fingerprint density at radius 2 is 1.66 bits per heavy atom. The second kappa shape index (κ2) is 8.65. The van der Waals surface area contributed by atoms with Gasteiger partial charge in [-0.3, -0.25) is 14.6 Å². The van der Waals surface area contributed by atoms with Crippen LogP contribution in [0.3, 0.4) is 0 Å². The molecule has 0 unspecified atom stereocenters. The fraction of sp³-hybridized carbons (Fsp3) is 0.400. The van der Waals surface area contributed by atoms with Crippen LogP contribution in [0.4, 0.5) is 10.5 Å². The van der Waals surface area contributed by atoms with Crippen molar-refractivity contribution < 1.29 is 24.2 Å². The molecule has 3 amide bonds. The maximum Gasteiger partial charge on any atom is 0.347 e. The number of urea groups is 1. The standard InChI is InChI=1S/C25H30N2O5/c1-15(2)19-7-9-20(10-8-19)26-14-21(28)27(24(26)31)13-18-11-16(3)22(17(4)12-18)32-25(5,6)23(29)30/h7-12,15H,13-14H2,1-6H3,(H,29,30). The Balaban J connectivity index is 1.79. The van der Waals surface area contributed by atoms with Crippen molar-refractivity contribution in [1.29, 1.82) is 0 Å². The average Bonchev–Trinajstić information content (AvgIpc) is 2.99. The first kappa shape index (κ1) is 23.3. The number of rotatable bonds is 7. The number of aliphatic carboxylic acids is 1. The Labute approximate surface area is 188 Å². The molecule has 1 aliphatic heterocycles. The van der Waals surface area contributed by atoms with Crippen LogP contribution in [0.1, 0.15) is 55.9 Å². The molecule has 1 saturated heterocycles. The number of amides is 3. The number of carboxylic acids is 1. The van der Waals surface area contributed by atoms with E-state index in [2.05, 4.69) is 13.8 Å². The van der Waals surface area contributed by atoms with Gasteiger partial charge < -0.3 is 9.84 Å². The Morgan fingerprint density at radius 1 is 1.09 bits per heavy atom. The lowest BCUT2D eigenvalue weighted by atomic mass is 10.0. The van der Waals surface area contributed by atoms with Crippen LogP contribution in [0.2, 0.25) is 0 Å². The number of hydrogen-bond acceptors (Lipinski definition) is 4. The van der Waals surface area contributed by atoms with E-state index < -0.39 is 11.6 Å². The molecule has 7 nitrogen and oxygen atoms in total. The third kappa shape index (κ3) is 4.61. The number of carbonyl (C=O) groups excluding carboxylic acids is 2. The quantitative estimate of drug-likeness (QED) is 0.637. The summed E-state index contributed by atoms with van der Waals surface area (Å²) in [6, 6.07) is 11.0. The monoisotopic (exact) mass is 438 g/mol. The van der Waals surface area contributed by atoms with Gasteiger partial charge in [-0.15, -0.1) is 0 Å². The lowest BCUT2D eigenvalue weighted by Gasteiger charge is -2.25. The zero-order chi connectivity index (χ0) is 23.8. The third-order valence-corrected chi connectivity index (χ3v) is 5.66. The molecule has 0 aromatic heterocycles. The van der Waals surface area contributed by atoms with E-state index in [1.165, 1.54) is 29.2 Å². The summed E-state index contributed by atoms with van der Waals surface area (Å²) in [5.41, 5.74) is 2.76. The molecule has 0 atom stereocenters. The molecular weight excluding hydrogens is 408 g/mol. The van der Waals surface area contributed by atoms with Gasteiger partial charge in [-0.05, 0) is 68.0 Å². The Hall–Kier alpha value is -3.35. The van der Waals surface area contributed by atoms with Gasteiger partial charge in [0.2, 0.25) is 0 Å². The van der Waals surface area contributed by atoms with Gasteiger partial charge in [0.1, 0.15) is 12.3 Å². The first-order valence-electron chi connectivity index (χ1n) is 10.6. The minimum absolute atomic E-state index is 0.00577. The molecule has 0 saturated carbocycles. The SMILES string of the molecule is Cc1cc(CN2C(=O)CN(c3ccc(C(C)C)cc3)C2=O)cc(C)c1OC(C)(C)C(=O)O. The van der Waals surface area contributed by atoms with E-state index in [1.807, 2.05) is 50.2 Å². The lowest BCUT2D eigenvalue weighted by molar-refractivity contribution is -0.152. The van der Waals surface area contributed by atoms with E-state index in [0.29, 0.717) is 17.4 Å². The predicted octanol–water partition coefficient (Wildman–Crippen LogP) is 4.64. The third-order valence-electron chi connectivity index (χ3n) is 5.66. The van der Waals surface area contributed by atoms with E-state index in [0.717, 1.165) is 16.7 Å². The van der Waals surface area contributed by atoms with Crippen LogP contribution in [0.5, 0.6) is 5.75 Å². The Kier molecular flexibility index (Phi) is 6.30. The summed E-state index contributed by atoms with van der Waals surface area (Å²) >= 11 is 0. The highest BCUT2D eigenvalue weighted by atomic mass is 16.5. The molecular formula is C25H30N2O5. The topological polar surface area (TPSA) is 87.2 Å². The van der Waals surface area contributed by atoms with E-state index in [9.17, 15) is 19.5 Å². The smallest absolute Gasteiger partial charge is 0.347 e.